The summed E-state index contributed by atoms with van der Waals surface area (Å²) >= 11 is 0. The van der Waals surface area contributed by atoms with Crippen LogP contribution in [-0.2, 0) is 5.41 Å². The van der Waals surface area contributed by atoms with E-state index in [1.165, 1.54) is 5.56 Å². The van der Waals surface area contributed by atoms with Crippen LogP contribution in [0.5, 0.6) is 0 Å². The molecule has 16 heavy (non-hydrogen) atoms. The lowest BCUT2D eigenvalue weighted by atomic mass is 9.85. The van der Waals surface area contributed by atoms with Gasteiger partial charge >= 0.3 is 0 Å². The van der Waals surface area contributed by atoms with Crippen LogP contribution in [0.4, 0.5) is 0 Å². The van der Waals surface area contributed by atoms with Crippen molar-refractivity contribution in [1.29, 1.82) is 0 Å². The highest BCUT2D eigenvalue weighted by atomic mass is 16.3. The van der Waals surface area contributed by atoms with Crippen LogP contribution in [-0.4, -0.2) is 41.0 Å². The molecule has 0 amide bonds. The molecule has 1 heterocycles. The van der Waals surface area contributed by atoms with Gasteiger partial charge in [-0.3, -0.25) is 4.98 Å². The minimum atomic E-state index is -0.687. The molecule has 0 fully saturated rings. The number of nitrogens with one attached hydrogen (secondary N) is 1. The first kappa shape index (κ1) is 13.1. The molecule has 3 N–H and O–H groups in total. The van der Waals surface area contributed by atoms with E-state index in [0.717, 1.165) is 6.54 Å². The predicted molar refractivity (Wildman–Crippen MR) is 63.2 cm³/mol. The van der Waals surface area contributed by atoms with Gasteiger partial charge in [-0.2, -0.15) is 0 Å². The second kappa shape index (κ2) is 5.94. The Kier molecular flexibility index (Phi) is 4.86. The molecule has 1 unspecified atom stereocenters. The van der Waals surface area contributed by atoms with Crippen LogP contribution in [0.2, 0.25) is 0 Å². The maximum absolute atomic E-state index is 9.20. The zero-order valence-electron chi connectivity index (χ0n) is 9.85. The largest absolute Gasteiger partial charge is 0.394 e. The van der Waals surface area contributed by atoms with Crippen molar-refractivity contribution in [3.63, 3.8) is 0 Å². The van der Waals surface area contributed by atoms with Gasteiger partial charge in [-0.25, -0.2) is 0 Å². The first-order valence-corrected chi connectivity index (χ1v) is 5.46. The highest BCUT2D eigenvalue weighted by molar-refractivity contribution is 5.20. The van der Waals surface area contributed by atoms with Crippen molar-refractivity contribution in [3.05, 3.63) is 30.1 Å². The van der Waals surface area contributed by atoms with E-state index in [1.807, 2.05) is 12.1 Å². The fourth-order valence-corrected chi connectivity index (χ4v) is 1.52. The van der Waals surface area contributed by atoms with Gasteiger partial charge in [0.2, 0.25) is 0 Å². The Morgan fingerprint density at radius 3 is 2.56 bits per heavy atom. The molecule has 90 valence electrons. The minimum absolute atomic E-state index is 0.0158. The number of pyridine rings is 1. The minimum Gasteiger partial charge on any atom is -0.394 e. The SMILES string of the molecule is CC(C)(CNCC(O)CO)c1ccncc1. The first-order chi connectivity index (χ1) is 7.56. The molecule has 1 aromatic heterocycles. The molecule has 0 bridgehead atoms. The summed E-state index contributed by atoms with van der Waals surface area (Å²) in [5, 5.41) is 21.0. The average Bonchev–Trinajstić information content (AvgIpc) is 2.30. The summed E-state index contributed by atoms with van der Waals surface area (Å²) < 4.78 is 0. The van der Waals surface area contributed by atoms with Crippen LogP contribution in [0, 0.1) is 0 Å². The Morgan fingerprint density at radius 1 is 1.38 bits per heavy atom. The Hall–Kier alpha value is -0.970. The quantitative estimate of drug-likeness (QED) is 0.650. The molecular weight excluding hydrogens is 204 g/mol. The van der Waals surface area contributed by atoms with Crippen LogP contribution in [0.15, 0.2) is 24.5 Å². The van der Waals surface area contributed by atoms with Gasteiger partial charge in [0.25, 0.3) is 0 Å². The van der Waals surface area contributed by atoms with E-state index in [9.17, 15) is 5.11 Å². The van der Waals surface area contributed by atoms with E-state index < -0.39 is 6.10 Å². The highest BCUT2D eigenvalue weighted by Gasteiger charge is 2.20. The van der Waals surface area contributed by atoms with Gasteiger partial charge in [0, 0.05) is 30.9 Å². The summed E-state index contributed by atoms with van der Waals surface area (Å²) in [6.07, 6.45) is 2.87. The maximum Gasteiger partial charge on any atom is 0.0894 e. The number of hydrogen-bond acceptors (Lipinski definition) is 4. The highest BCUT2D eigenvalue weighted by Crippen LogP contribution is 2.20. The molecule has 0 aromatic carbocycles. The van der Waals surface area contributed by atoms with E-state index in [4.69, 9.17) is 5.11 Å². The maximum atomic E-state index is 9.20. The van der Waals surface area contributed by atoms with Gasteiger partial charge in [-0.15, -0.1) is 0 Å². The number of rotatable bonds is 6. The summed E-state index contributed by atoms with van der Waals surface area (Å²) in [7, 11) is 0. The number of aliphatic hydroxyl groups is 2. The average molecular weight is 224 g/mol. The van der Waals surface area contributed by atoms with Crippen LogP contribution in [0.25, 0.3) is 0 Å². The fraction of sp³-hybridized carbons (Fsp3) is 0.583. The van der Waals surface area contributed by atoms with Crippen LogP contribution >= 0.6 is 0 Å². The zero-order valence-corrected chi connectivity index (χ0v) is 9.85. The number of hydrogen-bond donors (Lipinski definition) is 3. The van der Waals surface area contributed by atoms with E-state index in [2.05, 4.69) is 24.1 Å². The van der Waals surface area contributed by atoms with Crippen LogP contribution in [0.1, 0.15) is 19.4 Å². The number of aliphatic hydroxyl groups excluding tert-OH is 2. The van der Waals surface area contributed by atoms with Crippen molar-refractivity contribution in [1.82, 2.24) is 10.3 Å². The second-order valence-electron chi connectivity index (χ2n) is 4.59. The molecule has 0 saturated heterocycles. The van der Waals surface area contributed by atoms with Crippen molar-refractivity contribution >= 4 is 0 Å². The molecule has 4 heteroatoms. The van der Waals surface area contributed by atoms with E-state index in [-0.39, 0.29) is 12.0 Å². The van der Waals surface area contributed by atoms with Gasteiger partial charge in [-0.05, 0) is 17.7 Å². The Morgan fingerprint density at radius 2 is 2.00 bits per heavy atom. The summed E-state index contributed by atoms with van der Waals surface area (Å²) in [5.74, 6) is 0. The third-order valence-corrected chi connectivity index (χ3v) is 2.62. The Balaban J connectivity index is 2.46. The molecule has 1 atom stereocenters. The lowest BCUT2D eigenvalue weighted by Crippen LogP contribution is -2.38. The van der Waals surface area contributed by atoms with Crippen molar-refractivity contribution < 1.29 is 10.2 Å². The van der Waals surface area contributed by atoms with Crippen molar-refractivity contribution in [2.45, 2.75) is 25.4 Å². The van der Waals surface area contributed by atoms with Crippen molar-refractivity contribution in [2.75, 3.05) is 19.7 Å². The number of nitrogens with zero attached hydrogens (tertiary/aromatic N) is 1. The van der Waals surface area contributed by atoms with Crippen LogP contribution in [0.3, 0.4) is 0 Å². The molecule has 0 aliphatic rings. The van der Waals surface area contributed by atoms with E-state index >= 15 is 0 Å². The molecule has 4 nitrogen and oxygen atoms in total. The first-order valence-electron chi connectivity index (χ1n) is 5.46. The Bertz CT molecular complexity index is 301. The summed E-state index contributed by atoms with van der Waals surface area (Å²) in [6.45, 7) is 5.20. The molecule has 0 aliphatic carbocycles. The molecule has 1 rings (SSSR count). The predicted octanol–water partition coefficient (Wildman–Crippen LogP) is 0.302. The number of aromatic nitrogens is 1. The van der Waals surface area contributed by atoms with Gasteiger partial charge in [0.05, 0.1) is 12.7 Å². The third-order valence-electron chi connectivity index (χ3n) is 2.62. The lowest BCUT2D eigenvalue weighted by molar-refractivity contribution is 0.0934. The molecule has 0 aliphatic heterocycles. The Labute approximate surface area is 96.3 Å². The fourth-order valence-electron chi connectivity index (χ4n) is 1.52. The summed E-state index contributed by atoms with van der Waals surface area (Å²) in [6, 6.07) is 3.98. The zero-order chi connectivity index (χ0) is 12.0. The normalized spacial score (nSPS) is 13.8. The molecule has 0 radical (unpaired) electrons. The van der Waals surface area contributed by atoms with Crippen molar-refractivity contribution in [2.24, 2.45) is 0 Å². The standard InChI is InChI=1S/C12H20N2O2/c1-12(2,9-14-7-11(16)8-15)10-3-5-13-6-4-10/h3-6,11,14-16H,7-9H2,1-2H3. The molecule has 0 spiro atoms. The van der Waals surface area contributed by atoms with Crippen LogP contribution < -0.4 is 5.32 Å². The molecular formula is C12H20N2O2. The topological polar surface area (TPSA) is 65.4 Å². The van der Waals surface area contributed by atoms with Gasteiger partial charge in [-0.1, -0.05) is 13.8 Å². The van der Waals surface area contributed by atoms with Gasteiger partial charge in [0.15, 0.2) is 0 Å². The van der Waals surface area contributed by atoms with E-state index in [0.29, 0.717) is 6.54 Å². The van der Waals surface area contributed by atoms with Crippen molar-refractivity contribution in [3.8, 4) is 0 Å². The van der Waals surface area contributed by atoms with E-state index in [1.54, 1.807) is 12.4 Å². The summed E-state index contributed by atoms with van der Waals surface area (Å²) in [4.78, 5) is 3.99. The molecule has 0 saturated carbocycles. The second-order valence-corrected chi connectivity index (χ2v) is 4.59. The lowest BCUT2D eigenvalue weighted by Gasteiger charge is -2.26. The molecule has 1 aromatic rings. The van der Waals surface area contributed by atoms with Gasteiger partial charge in [0.1, 0.15) is 0 Å². The summed E-state index contributed by atoms with van der Waals surface area (Å²) in [5.41, 5.74) is 1.19. The monoisotopic (exact) mass is 224 g/mol. The third kappa shape index (κ3) is 3.89. The van der Waals surface area contributed by atoms with Gasteiger partial charge < -0.3 is 15.5 Å². The smallest absolute Gasteiger partial charge is 0.0894 e.